The maximum atomic E-state index is 14.8. The van der Waals surface area contributed by atoms with Gasteiger partial charge in [-0.05, 0) is 45.0 Å². The fourth-order valence-corrected chi connectivity index (χ4v) is 3.25. The first-order valence-corrected chi connectivity index (χ1v) is 9.18. The van der Waals surface area contributed by atoms with Crippen LogP contribution in [0.3, 0.4) is 0 Å². The summed E-state index contributed by atoms with van der Waals surface area (Å²) in [7, 11) is 0. The number of amides is 1. The van der Waals surface area contributed by atoms with Gasteiger partial charge in [-0.25, -0.2) is 9.37 Å². The van der Waals surface area contributed by atoms with Gasteiger partial charge in [-0.15, -0.1) is 0 Å². The lowest BCUT2D eigenvalue weighted by Gasteiger charge is -2.19. The molecule has 3 rings (SSSR count). The first-order chi connectivity index (χ1) is 13.5. The number of phenolic OH excluding ortho intramolecular Hbond substituents is 1. The normalized spacial score (nSPS) is 11.6. The average Bonchev–Trinajstić information content (AvgIpc) is 2.94. The molecule has 29 heavy (non-hydrogen) atoms. The number of carbonyl (C=O) groups is 1. The minimum atomic E-state index is -1.35. The maximum absolute atomic E-state index is 14.8. The van der Waals surface area contributed by atoms with Crippen LogP contribution in [0, 0.1) is 12.7 Å². The van der Waals surface area contributed by atoms with Crippen LogP contribution in [0.5, 0.6) is 5.75 Å². The highest BCUT2D eigenvalue weighted by molar-refractivity contribution is 6.33. The van der Waals surface area contributed by atoms with Crippen molar-refractivity contribution in [3.8, 4) is 17.0 Å². The van der Waals surface area contributed by atoms with E-state index in [1.807, 2.05) is 0 Å². The number of rotatable bonds is 4. The van der Waals surface area contributed by atoms with E-state index in [4.69, 9.17) is 23.2 Å². The second kappa shape index (κ2) is 7.62. The molecule has 0 aliphatic carbocycles. The summed E-state index contributed by atoms with van der Waals surface area (Å²) in [6.45, 7) is 4.61. The van der Waals surface area contributed by atoms with Gasteiger partial charge in [0, 0.05) is 5.56 Å². The number of benzene rings is 1. The van der Waals surface area contributed by atoms with Crippen molar-refractivity contribution in [3.63, 3.8) is 0 Å². The molecular weight excluding hydrogens is 422 g/mol. The van der Waals surface area contributed by atoms with Crippen LogP contribution in [0.25, 0.3) is 11.3 Å². The first kappa shape index (κ1) is 21.0. The van der Waals surface area contributed by atoms with E-state index >= 15 is 0 Å². The Morgan fingerprint density at radius 3 is 2.55 bits per heavy atom. The summed E-state index contributed by atoms with van der Waals surface area (Å²) in [6.07, 6.45) is 0. The molecule has 0 bridgehead atoms. The van der Waals surface area contributed by atoms with Gasteiger partial charge >= 0.3 is 0 Å². The van der Waals surface area contributed by atoms with Crippen molar-refractivity contribution in [1.82, 2.24) is 15.2 Å². The molecule has 0 spiro atoms. The van der Waals surface area contributed by atoms with Gasteiger partial charge in [0.1, 0.15) is 28.0 Å². The van der Waals surface area contributed by atoms with E-state index < -0.39 is 23.1 Å². The van der Waals surface area contributed by atoms with Crippen molar-refractivity contribution < 1.29 is 19.4 Å². The largest absolute Gasteiger partial charge is 0.507 e. The zero-order valence-electron chi connectivity index (χ0n) is 15.6. The highest BCUT2D eigenvalue weighted by Gasteiger charge is 2.24. The number of nitrogens with zero attached hydrogens (tertiary/aromatic N) is 2. The van der Waals surface area contributed by atoms with Crippen molar-refractivity contribution in [2.24, 2.45) is 0 Å². The molecule has 0 aliphatic heterocycles. The number of aromatic amines is 1. The molecule has 0 unspecified atom stereocenters. The molecule has 1 amide bonds. The quantitative estimate of drug-likeness (QED) is 0.481. The van der Waals surface area contributed by atoms with Crippen LogP contribution in [-0.2, 0) is 5.60 Å². The number of aromatic nitrogens is 3. The van der Waals surface area contributed by atoms with E-state index in [1.165, 1.54) is 26.0 Å². The third-order valence-electron chi connectivity index (χ3n) is 4.17. The number of anilines is 1. The maximum Gasteiger partial charge on any atom is 0.259 e. The SMILES string of the molecule is Cc1n[nH]c(Cl)c1NC(=O)c1cc(F)c(-c2ccc(Cl)c(C(C)(C)O)n2)cc1O. The van der Waals surface area contributed by atoms with Gasteiger partial charge in [-0.3, -0.25) is 9.89 Å². The van der Waals surface area contributed by atoms with Crippen LogP contribution in [0.2, 0.25) is 10.2 Å². The summed E-state index contributed by atoms with van der Waals surface area (Å²) in [6, 6.07) is 4.89. The number of halogens is 3. The van der Waals surface area contributed by atoms with E-state index in [1.54, 1.807) is 6.92 Å². The van der Waals surface area contributed by atoms with E-state index in [9.17, 15) is 19.4 Å². The molecule has 7 nitrogen and oxygen atoms in total. The molecule has 0 atom stereocenters. The number of aromatic hydroxyl groups is 1. The van der Waals surface area contributed by atoms with Crippen molar-refractivity contribution in [1.29, 1.82) is 0 Å². The number of pyridine rings is 1. The standard InChI is InChI=1S/C19H17Cl2FN4O3/c1-8-15(17(21)26-25-8)24-18(28)10-6-12(22)9(7-14(10)27)13-5-4-11(20)16(23-13)19(2,3)29/h4-7,27,29H,1-3H3,(H,24,28)(H,25,26). The summed E-state index contributed by atoms with van der Waals surface area (Å²) in [4.78, 5) is 16.7. The number of aliphatic hydroxyl groups is 1. The average molecular weight is 439 g/mol. The molecule has 152 valence electrons. The molecule has 2 heterocycles. The van der Waals surface area contributed by atoms with Crippen LogP contribution >= 0.6 is 23.2 Å². The van der Waals surface area contributed by atoms with Gasteiger partial charge in [-0.2, -0.15) is 5.10 Å². The fraction of sp³-hybridized carbons (Fsp3) is 0.211. The zero-order valence-corrected chi connectivity index (χ0v) is 17.2. The summed E-state index contributed by atoms with van der Waals surface area (Å²) in [5.41, 5.74) is -0.743. The van der Waals surface area contributed by atoms with Crippen LogP contribution < -0.4 is 5.32 Å². The molecule has 0 fully saturated rings. The lowest BCUT2D eigenvalue weighted by Crippen LogP contribution is -2.18. The number of phenols is 1. The number of hydrogen-bond acceptors (Lipinski definition) is 5. The smallest absolute Gasteiger partial charge is 0.259 e. The Bertz CT molecular complexity index is 1090. The zero-order chi connectivity index (χ0) is 21.5. The number of aryl methyl sites for hydroxylation is 1. The Morgan fingerprint density at radius 2 is 1.97 bits per heavy atom. The third kappa shape index (κ3) is 4.19. The molecule has 0 aliphatic rings. The van der Waals surface area contributed by atoms with Crippen molar-refractivity contribution in [2.75, 3.05) is 5.32 Å². The Hall–Kier alpha value is -2.68. The van der Waals surface area contributed by atoms with E-state index in [0.29, 0.717) is 5.69 Å². The molecular formula is C19H17Cl2FN4O3. The predicted molar refractivity (Wildman–Crippen MR) is 108 cm³/mol. The third-order valence-corrected chi connectivity index (χ3v) is 4.75. The highest BCUT2D eigenvalue weighted by atomic mass is 35.5. The molecule has 2 aromatic heterocycles. The van der Waals surface area contributed by atoms with Crippen molar-refractivity contribution in [2.45, 2.75) is 26.4 Å². The summed E-state index contributed by atoms with van der Waals surface area (Å²) in [5, 5.41) is 29.6. The van der Waals surface area contributed by atoms with Gasteiger partial charge < -0.3 is 15.5 Å². The molecule has 1 aromatic carbocycles. The molecule has 4 N–H and O–H groups in total. The Balaban J connectivity index is 1.99. The van der Waals surface area contributed by atoms with Crippen LogP contribution in [-0.4, -0.2) is 31.3 Å². The lowest BCUT2D eigenvalue weighted by atomic mass is 10.0. The Labute approximate surface area is 175 Å². The van der Waals surface area contributed by atoms with Crippen LogP contribution in [0.1, 0.15) is 35.6 Å². The fourth-order valence-electron chi connectivity index (χ4n) is 2.69. The second-order valence-electron chi connectivity index (χ2n) is 6.89. The number of H-pyrrole nitrogens is 1. The predicted octanol–water partition coefficient (Wildman–Crippen LogP) is 4.41. The van der Waals surface area contributed by atoms with E-state index in [2.05, 4.69) is 20.5 Å². The highest BCUT2D eigenvalue weighted by Crippen LogP contribution is 2.33. The van der Waals surface area contributed by atoms with E-state index in [0.717, 1.165) is 12.1 Å². The van der Waals surface area contributed by atoms with Crippen LogP contribution in [0.15, 0.2) is 24.3 Å². The topological polar surface area (TPSA) is 111 Å². The summed E-state index contributed by atoms with van der Waals surface area (Å²) < 4.78 is 14.8. The Morgan fingerprint density at radius 1 is 1.28 bits per heavy atom. The summed E-state index contributed by atoms with van der Waals surface area (Å²) in [5.74, 6) is -2.02. The van der Waals surface area contributed by atoms with Gasteiger partial charge in [0.25, 0.3) is 5.91 Å². The number of nitrogens with one attached hydrogen (secondary N) is 2. The molecule has 3 aromatic rings. The molecule has 0 saturated heterocycles. The van der Waals surface area contributed by atoms with Gasteiger partial charge in [-0.1, -0.05) is 23.2 Å². The first-order valence-electron chi connectivity index (χ1n) is 8.43. The van der Waals surface area contributed by atoms with Crippen molar-refractivity contribution >= 4 is 34.8 Å². The Kier molecular flexibility index (Phi) is 5.53. The number of carbonyl (C=O) groups excluding carboxylic acids is 1. The van der Waals surface area contributed by atoms with Crippen LogP contribution in [0.4, 0.5) is 10.1 Å². The van der Waals surface area contributed by atoms with E-state index in [-0.39, 0.29) is 38.4 Å². The van der Waals surface area contributed by atoms with Gasteiger partial charge in [0.2, 0.25) is 0 Å². The van der Waals surface area contributed by atoms with Crippen molar-refractivity contribution in [3.05, 3.63) is 57.2 Å². The van der Waals surface area contributed by atoms with Gasteiger partial charge in [0.05, 0.1) is 27.7 Å². The monoisotopic (exact) mass is 438 g/mol. The molecule has 0 radical (unpaired) electrons. The molecule has 10 heteroatoms. The minimum absolute atomic E-state index is 0.0567. The molecule has 0 saturated carbocycles. The second-order valence-corrected chi connectivity index (χ2v) is 7.67. The van der Waals surface area contributed by atoms with Gasteiger partial charge in [0.15, 0.2) is 0 Å². The minimum Gasteiger partial charge on any atom is -0.507 e. The number of hydrogen-bond donors (Lipinski definition) is 4. The lowest BCUT2D eigenvalue weighted by molar-refractivity contribution is 0.0741. The summed E-state index contributed by atoms with van der Waals surface area (Å²) >= 11 is 12.0.